The zero-order chi connectivity index (χ0) is 15.4. The van der Waals surface area contributed by atoms with E-state index in [1.165, 1.54) is 10.6 Å². The second-order valence-electron chi connectivity index (χ2n) is 5.10. The van der Waals surface area contributed by atoms with Crippen molar-refractivity contribution in [2.75, 3.05) is 6.54 Å². The van der Waals surface area contributed by atoms with Crippen LogP contribution in [0, 0.1) is 11.8 Å². The number of carbonyl (C=O) groups is 2. The van der Waals surface area contributed by atoms with Crippen molar-refractivity contribution in [1.82, 2.24) is 9.88 Å². The maximum absolute atomic E-state index is 12.0. The Morgan fingerprint density at radius 1 is 1.40 bits per heavy atom. The van der Waals surface area contributed by atoms with Gasteiger partial charge in [0.05, 0.1) is 10.9 Å². The summed E-state index contributed by atoms with van der Waals surface area (Å²) in [4.78, 5) is 23.1. The summed E-state index contributed by atoms with van der Waals surface area (Å²) in [5, 5.41) is 12.3. The fourth-order valence-corrected chi connectivity index (χ4v) is 2.28. The quantitative estimate of drug-likeness (QED) is 0.846. The van der Waals surface area contributed by atoms with Crippen molar-refractivity contribution in [3.63, 3.8) is 0 Å². The number of hydrogen-bond acceptors (Lipinski definition) is 2. The molecule has 7 heteroatoms. The molecule has 1 heterocycles. The van der Waals surface area contributed by atoms with Gasteiger partial charge in [0.25, 0.3) is 5.91 Å². The Balaban J connectivity index is 2.70. The van der Waals surface area contributed by atoms with Gasteiger partial charge in [-0.15, -0.1) is 0 Å². The number of aromatic nitrogens is 1. The SMILES string of the molecule is CC(C)CC(CNC(=O)c1cc(Cl)c(Cl)n1C)C(=O)O. The third-order valence-electron chi connectivity index (χ3n) is 2.96. The molecule has 5 nitrogen and oxygen atoms in total. The minimum Gasteiger partial charge on any atom is -0.481 e. The van der Waals surface area contributed by atoms with E-state index in [0.29, 0.717) is 12.1 Å². The van der Waals surface area contributed by atoms with Crippen LogP contribution < -0.4 is 5.32 Å². The molecule has 0 fully saturated rings. The second-order valence-corrected chi connectivity index (χ2v) is 5.87. The van der Waals surface area contributed by atoms with Crippen molar-refractivity contribution in [2.24, 2.45) is 18.9 Å². The monoisotopic (exact) mass is 320 g/mol. The molecule has 2 N–H and O–H groups in total. The summed E-state index contributed by atoms with van der Waals surface area (Å²) in [7, 11) is 1.62. The third-order valence-corrected chi connectivity index (χ3v) is 3.81. The van der Waals surface area contributed by atoms with Crippen LogP contribution >= 0.6 is 23.2 Å². The molecule has 1 amide bonds. The Morgan fingerprint density at radius 2 is 2.00 bits per heavy atom. The molecule has 0 aromatic carbocycles. The van der Waals surface area contributed by atoms with Crippen LogP contribution in [0.3, 0.4) is 0 Å². The fraction of sp³-hybridized carbons (Fsp3) is 0.538. The van der Waals surface area contributed by atoms with E-state index >= 15 is 0 Å². The maximum Gasteiger partial charge on any atom is 0.308 e. The van der Waals surface area contributed by atoms with Crippen LogP contribution in [0.2, 0.25) is 10.2 Å². The van der Waals surface area contributed by atoms with Crippen LogP contribution in [0.4, 0.5) is 0 Å². The minimum atomic E-state index is -0.915. The number of halogens is 2. The van der Waals surface area contributed by atoms with E-state index in [1.54, 1.807) is 7.05 Å². The lowest BCUT2D eigenvalue weighted by molar-refractivity contribution is -0.142. The lowest BCUT2D eigenvalue weighted by Crippen LogP contribution is -2.34. The highest BCUT2D eigenvalue weighted by Gasteiger charge is 2.21. The highest BCUT2D eigenvalue weighted by molar-refractivity contribution is 6.41. The number of rotatable bonds is 6. The topological polar surface area (TPSA) is 71.3 Å². The standard InChI is InChI=1S/C13H18Cl2N2O3/c1-7(2)4-8(13(19)20)6-16-12(18)10-5-9(14)11(15)17(10)3/h5,7-8H,4,6H2,1-3H3,(H,16,18)(H,19,20). The molecule has 0 bridgehead atoms. The molecule has 0 saturated carbocycles. The van der Waals surface area contributed by atoms with Crippen molar-refractivity contribution >= 4 is 35.1 Å². The van der Waals surface area contributed by atoms with Gasteiger partial charge in [0.1, 0.15) is 10.8 Å². The normalized spacial score (nSPS) is 12.5. The van der Waals surface area contributed by atoms with Gasteiger partial charge in [-0.3, -0.25) is 9.59 Å². The third kappa shape index (κ3) is 4.15. The molecule has 0 aliphatic rings. The van der Waals surface area contributed by atoms with Crippen LogP contribution in [0.15, 0.2) is 6.07 Å². The van der Waals surface area contributed by atoms with Crippen LogP contribution in [0.5, 0.6) is 0 Å². The molecule has 1 atom stereocenters. The largest absolute Gasteiger partial charge is 0.481 e. The molecule has 1 aromatic rings. The van der Waals surface area contributed by atoms with Gasteiger partial charge < -0.3 is 15.0 Å². The Hall–Kier alpha value is -1.20. The zero-order valence-electron chi connectivity index (χ0n) is 11.6. The average Bonchev–Trinajstić information content (AvgIpc) is 2.61. The molecule has 1 aromatic heterocycles. The number of carboxylic acid groups (broad SMARTS) is 1. The van der Waals surface area contributed by atoms with Gasteiger partial charge in [0, 0.05) is 13.6 Å². The van der Waals surface area contributed by atoms with E-state index < -0.39 is 17.8 Å². The van der Waals surface area contributed by atoms with Gasteiger partial charge in [0.2, 0.25) is 0 Å². The van der Waals surface area contributed by atoms with Gasteiger partial charge in [-0.05, 0) is 18.4 Å². The predicted molar refractivity (Wildman–Crippen MR) is 78.3 cm³/mol. The number of amides is 1. The summed E-state index contributed by atoms with van der Waals surface area (Å²) in [5.74, 6) is -1.67. The van der Waals surface area contributed by atoms with Crippen molar-refractivity contribution in [1.29, 1.82) is 0 Å². The lowest BCUT2D eigenvalue weighted by Gasteiger charge is -2.15. The van der Waals surface area contributed by atoms with E-state index in [-0.39, 0.29) is 22.6 Å². The Kier molecular flexibility index (Phi) is 5.89. The zero-order valence-corrected chi connectivity index (χ0v) is 13.1. The van der Waals surface area contributed by atoms with Crippen molar-refractivity contribution < 1.29 is 14.7 Å². The van der Waals surface area contributed by atoms with Crippen molar-refractivity contribution in [3.8, 4) is 0 Å². The molecule has 1 rings (SSSR count). The van der Waals surface area contributed by atoms with E-state index in [1.807, 2.05) is 13.8 Å². The highest BCUT2D eigenvalue weighted by atomic mass is 35.5. The molecular weight excluding hydrogens is 303 g/mol. The number of hydrogen-bond donors (Lipinski definition) is 2. The van der Waals surface area contributed by atoms with E-state index in [0.717, 1.165) is 0 Å². The van der Waals surface area contributed by atoms with Gasteiger partial charge in [-0.25, -0.2) is 0 Å². The molecule has 112 valence electrons. The van der Waals surface area contributed by atoms with Gasteiger partial charge in [-0.1, -0.05) is 37.0 Å². The summed E-state index contributed by atoms with van der Waals surface area (Å²) in [6.07, 6.45) is 0.504. The van der Waals surface area contributed by atoms with Crippen LogP contribution in [-0.2, 0) is 11.8 Å². The molecule has 0 radical (unpaired) electrons. The Morgan fingerprint density at radius 3 is 2.40 bits per heavy atom. The summed E-state index contributed by atoms with van der Waals surface area (Å²) in [6.45, 7) is 3.95. The van der Waals surface area contributed by atoms with Gasteiger partial charge in [0.15, 0.2) is 0 Å². The summed E-state index contributed by atoms with van der Waals surface area (Å²) in [5.41, 5.74) is 0.300. The second kappa shape index (κ2) is 6.99. The number of carboxylic acids is 1. The molecule has 0 saturated heterocycles. The molecule has 0 aliphatic heterocycles. The first-order chi connectivity index (χ1) is 9.23. The molecule has 0 spiro atoms. The van der Waals surface area contributed by atoms with Crippen LogP contribution in [0.1, 0.15) is 30.8 Å². The van der Waals surface area contributed by atoms with Gasteiger partial charge in [-0.2, -0.15) is 0 Å². The lowest BCUT2D eigenvalue weighted by atomic mass is 9.97. The molecule has 0 aliphatic carbocycles. The summed E-state index contributed by atoms with van der Waals surface area (Å²) < 4.78 is 1.46. The number of aliphatic carboxylic acids is 1. The first-order valence-electron chi connectivity index (χ1n) is 6.25. The summed E-state index contributed by atoms with van der Waals surface area (Å²) >= 11 is 11.7. The highest BCUT2D eigenvalue weighted by Crippen LogP contribution is 2.25. The van der Waals surface area contributed by atoms with E-state index in [4.69, 9.17) is 28.3 Å². The van der Waals surface area contributed by atoms with Gasteiger partial charge >= 0.3 is 5.97 Å². The maximum atomic E-state index is 12.0. The first-order valence-corrected chi connectivity index (χ1v) is 7.01. The fourth-order valence-electron chi connectivity index (χ4n) is 1.91. The molecular formula is C13H18Cl2N2O3. The molecule has 1 unspecified atom stereocenters. The Bertz CT molecular complexity index is 512. The van der Waals surface area contributed by atoms with E-state index in [2.05, 4.69) is 5.32 Å². The number of nitrogens with zero attached hydrogens (tertiary/aromatic N) is 1. The van der Waals surface area contributed by atoms with E-state index in [9.17, 15) is 9.59 Å². The van der Waals surface area contributed by atoms with Crippen LogP contribution in [-0.4, -0.2) is 28.1 Å². The van der Waals surface area contributed by atoms with Crippen molar-refractivity contribution in [2.45, 2.75) is 20.3 Å². The number of carbonyl (C=O) groups excluding carboxylic acids is 1. The summed E-state index contributed by atoms with van der Waals surface area (Å²) in [6, 6.07) is 1.46. The molecule has 20 heavy (non-hydrogen) atoms. The average molecular weight is 321 g/mol. The number of nitrogens with one attached hydrogen (secondary N) is 1. The predicted octanol–water partition coefficient (Wildman–Crippen LogP) is 2.81. The van der Waals surface area contributed by atoms with Crippen molar-refractivity contribution in [3.05, 3.63) is 21.9 Å². The Labute approximate surface area is 127 Å². The van der Waals surface area contributed by atoms with Crippen LogP contribution in [0.25, 0.3) is 0 Å². The first kappa shape index (κ1) is 16.9. The smallest absolute Gasteiger partial charge is 0.308 e. The minimum absolute atomic E-state index is 0.0762.